The third-order valence-electron chi connectivity index (χ3n) is 4.88. The number of rotatable bonds is 6. The monoisotopic (exact) mass is 416 g/mol. The molecule has 1 heterocycles. The number of nitrogens with one attached hydrogen (secondary N) is 1. The second-order valence-electron chi connectivity index (χ2n) is 7.75. The molecule has 1 amide bonds. The van der Waals surface area contributed by atoms with Crippen molar-refractivity contribution in [1.29, 1.82) is 0 Å². The number of fused-ring (bicyclic) bond motifs is 1. The van der Waals surface area contributed by atoms with Crippen LogP contribution in [0.3, 0.4) is 0 Å². The van der Waals surface area contributed by atoms with Crippen LogP contribution in [-0.4, -0.2) is 23.6 Å². The van der Waals surface area contributed by atoms with Crippen molar-refractivity contribution in [1.82, 2.24) is 0 Å². The molecule has 2 atom stereocenters. The van der Waals surface area contributed by atoms with Gasteiger partial charge in [0.05, 0.1) is 5.69 Å². The Morgan fingerprint density at radius 3 is 2.76 bits per heavy atom. The van der Waals surface area contributed by atoms with Crippen molar-refractivity contribution < 1.29 is 19.1 Å². The summed E-state index contributed by atoms with van der Waals surface area (Å²) in [6, 6.07) is 11.7. The first-order valence-corrected chi connectivity index (χ1v) is 9.87. The molecular weight excluding hydrogens is 392 g/mol. The summed E-state index contributed by atoms with van der Waals surface area (Å²) in [7, 11) is 0. The van der Waals surface area contributed by atoms with Gasteiger partial charge in [-0.2, -0.15) is 0 Å². The molecule has 6 nitrogen and oxygen atoms in total. The number of ether oxygens (including phenoxy) is 2. The van der Waals surface area contributed by atoms with Crippen LogP contribution in [0.1, 0.15) is 44.4 Å². The van der Waals surface area contributed by atoms with Gasteiger partial charge in [0.15, 0.2) is 6.10 Å². The summed E-state index contributed by atoms with van der Waals surface area (Å²) in [6.45, 7) is 5.35. The SMILES string of the molecule is CC1Oc2ccc(C(N)C(=O)OC(C)(C)CCc3ccccc3Cl)cc2NC1=O. The molecule has 0 aromatic heterocycles. The first kappa shape index (κ1) is 21.1. The number of hydrogen-bond donors (Lipinski definition) is 2. The predicted octanol–water partition coefficient (Wildman–Crippen LogP) is 4.01. The van der Waals surface area contributed by atoms with Crippen LogP contribution >= 0.6 is 11.6 Å². The van der Waals surface area contributed by atoms with Crippen molar-refractivity contribution in [2.45, 2.75) is 51.4 Å². The number of carbonyl (C=O) groups is 2. The van der Waals surface area contributed by atoms with E-state index in [2.05, 4.69) is 5.32 Å². The fraction of sp³-hybridized carbons (Fsp3) is 0.364. The quantitative estimate of drug-likeness (QED) is 0.694. The summed E-state index contributed by atoms with van der Waals surface area (Å²) >= 11 is 6.20. The van der Waals surface area contributed by atoms with E-state index in [9.17, 15) is 9.59 Å². The minimum atomic E-state index is -0.976. The van der Waals surface area contributed by atoms with Gasteiger partial charge in [0.2, 0.25) is 0 Å². The van der Waals surface area contributed by atoms with Crippen LogP contribution in [0.15, 0.2) is 42.5 Å². The van der Waals surface area contributed by atoms with Crippen molar-refractivity contribution >= 4 is 29.2 Å². The Bertz CT molecular complexity index is 929. The first-order valence-electron chi connectivity index (χ1n) is 9.49. The zero-order valence-electron chi connectivity index (χ0n) is 16.7. The first-order chi connectivity index (χ1) is 13.7. The molecule has 0 saturated carbocycles. The maximum Gasteiger partial charge on any atom is 0.328 e. The van der Waals surface area contributed by atoms with E-state index >= 15 is 0 Å². The maximum atomic E-state index is 12.6. The number of halogens is 1. The highest BCUT2D eigenvalue weighted by molar-refractivity contribution is 6.31. The summed E-state index contributed by atoms with van der Waals surface area (Å²) in [6.07, 6.45) is 0.711. The maximum absolute atomic E-state index is 12.6. The van der Waals surface area contributed by atoms with Gasteiger partial charge in [-0.1, -0.05) is 35.9 Å². The van der Waals surface area contributed by atoms with Crippen molar-refractivity contribution in [2.24, 2.45) is 5.73 Å². The Balaban J connectivity index is 1.64. The minimum absolute atomic E-state index is 0.244. The van der Waals surface area contributed by atoms with Crippen LogP contribution in [0.2, 0.25) is 5.02 Å². The molecule has 0 aliphatic carbocycles. The number of hydrogen-bond acceptors (Lipinski definition) is 5. The van der Waals surface area contributed by atoms with E-state index in [1.165, 1.54) is 0 Å². The van der Waals surface area contributed by atoms with Gasteiger partial charge in [-0.25, -0.2) is 4.79 Å². The van der Waals surface area contributed by atoms with Crippen LogP contribution in [0.4, 0.5) is 5.69 Å². The van der Waals surface area contributed by atoms with Gasteiger partial charge < -0.3 is 20.5 Å². The van der Waals surface area contributed by atoms with Crippen LogP contribution in [0.5, 0.6) is 5.75 Å². The van der Waals surface area contributed by atoms with Gasteiger partial charge in [-0.05, 0) is 62.9 Å². The minimum Gasteiger partial charge on any atom is -0.479 e. The lowest BCUT2D eigenvalue weighted by atomic mass is 9.98. The second-order valence-corrected chi connectivity index (χ2v) is 8.16. The standard InChI is InChI=1S/C22H25ClN2O4/c1-13-20(26)25-17-12-15(8-9-18(17)28-13)19(24)21(27)29-22(2,3)11-10-14-6-4-5-7-16(14)23/h4-9,12-13,19H,10-11,24H2,1-3H3,(H,25,26). The fourth-order valence-corrected chi connectivity index (χ4v) is 3.31. The highest BCUT2D eigenvalue weighted by Crippen LogP contribution is 2.32. The zero-order chi connectivity index (χ0) is 21.2. The van der Waals surface area contributed by atoms with Crippen molar-refractivity contribution in [3.63, 3.8) is 0 Å². The zero-order valence-corrected chi connectivity index (χ0v) is 17.5. The van der Waals surface area contributed by atoms with Gasteiger partial charge in [-0.15, -0.1) is 0 Å². The molecular formula is C22H25ClN2O4. The smallest absolute Gasteiger partial charge is 0.328 e. The van der Waals surface area contributed by atoms with E-state index in [1.54, 1.807) is 25.1 Å². The molecule has 2 aromatic carbocycles. The van der Waals surface area contributed by atoms with Gasteiger partial charge in [0, 0.05) is 5.02 Å². The molecule has 0 spiro atoms. The average molecular weight is 417 g/mol. The van der Waals surface area contributed by atoms with E-state index in [1.807, 2.05) is 38.1 Å². The number of nitrogens with two attached hydrogens (primary N) is 1. The largest absolute Gasteiger partial charge is 0.479 e. The number of aryl methyl sites for hydroxylation is 1. The molecule has 154 valence electrons. The fourth-order valence-electron chi connectivity index (χ4n) is 3.08. The molecule has 29 heavy (non-hydrogen) atoms. The van der Waals surface area contributed by atoms with Crippen molar-refractivity contribution in [3.05, 3.63) is 58.6 Å². The molecule has 0 bridgehead atoms. The number of amides is 1. The molecule has 0 fully saturated rings. The molecule has 1 aliphatic heterocycles. The number of anilines is 1. The van der Waals surface area contributed by atoms with Crippen molar-refractivity contribution in [3.8, 4) is 5.75 Å². The van der Waals surface area contributed by atoms with Gasteiger partial charge in [0.1, 0.15) is 17.4 Å². The van der Waals surface area contributed by atoms with Gasteiger partial charge in [-0.3, -0.25) is 4.79 Å². The van der Waals surface area contributed by atoms with Gasteiger partial charge in [0.25, 0.3) is 5.91 Å². The van der Waals surface area contributed by atoms with E-state index < -0.39 is 23.7 Å². The van der Waals surface area contributed by atoms with Crippen LogP contribution < -0.4 is 15.8 Å². The lowest BCUT2D eigenvalue weighted by Crippen LogP contribution is -2.35. The summed E-state index contributed by atoms with van der Waals surface area (Å²) in [5.41, 5.74) is 7.44. The molecule has 2 unspecified atom stereocenters. The highest BCUT2D eigenvalue weighted by Gasteiger charge is 2.29. The van der Waals surface area contributed by atoms with Crippen LogP contribution in [0, 0.1) is 0 Å². The Hall–Kier alpha value is -2.57. The van der Waals surface area contributed by atoms with E-state index in [4.69, 9.17) is 26.8 Å². The Labute approximate surface area is 175 Å². The molecule has 0 saturated heterocycles. The molecule has 3 rings (SSSR count). The van der Waals surface area contributed by atoms with Crippen LogP contribution in [0.25, 0.3) is 0 Å². The second kappa shape index (κ2) is 8.43. The summed E-state index contributed by atoms with van der Waals surface area (Å²) in [5.74, 6) is -0.237. The van der Waals surface area contributed by atoms with Crippen molar-refractivity contribution in [2.75, 3.05) is 5.32 Å². The summed E-state index contributed by atoms with van der Waals surface area (Å²) in [5, 5.41) is 3.45. The van der Waals surface area contributed by atoms with E-state index in [0.717, 1.165) is 5.56 Å². The topological polar surface area (TPSA) is 90.7 Å². The molecule has 1 aliphatic rings. The third kappa shape index (κ3) is 5.08. The molecule has 0 radical (unpaired) electrons. The third-order valence-corrected chi connectivity index (χ3v) is 5.25. The van der Waals surface area contributed by atoms with E-state index in [-0.39, 0.29) is 5.91 Å². The Morgan fingerprint density at radius 2 is 2.03 bits per heavy atom. The predicted molar refractivity (Wildman–Crippen MR) is 112 cm³/mol. The molecule has 3 N–H and O–H groups in total. The van der Waals surface area contributed by atoms with E-state index in [0.29, 0.717) is 34.9 Å². The lowest BCUT2D eigenvalue weighted by Gasteiger charge is -2.28. The van der Waals surface area contributed by atoms with Gasteiger partial charge >= 0.3 is 5.97 Å². The molecule has 2 aromatic rings. The average Bonchev–Trinajstić information content (AvgIpc) is 2.67. The Morgan fingerprint density at radius 1 is 1.31 bits per heavy atom. The normalized spacial score (nSPS) is 17.0. The Kier molecular flexibility index (Phi) is 6.15. The molecule has 7 heteroatoms. The summed E-state index contributed by atoms with van der Waals surface area (Å²) < 4.78 is 11.2. The number of carbonyl (C=O) groups excluding carboxylic acids is 2. The van der Waals surface area contributed by atoms with Crippen LogP contribution in [-0.2, 0) is 20.7 Å². The number of esters is 1. The highest BCUT2D eigenvalue weighted by atomic mass is 35.5. The number of benzene rings is 2. The lowest BCUT2D eigenvalue weighted by molar-refractivity contribution is -0.158. The summed E-state index contributed by atoms with van der Waals surface area (Å²) in [4.78, 5) is 24.4.